The number of sulfonamides is 1. The van der Waals surface area contributed by atoms with Gasteiger partial charge in [-0.15, -0.1) is 0 Å². The van der Waals surface area contributed by atoms with E-state index >= 15 is 0 Å². The summed E-state index contributed by atoms with van der Waals surface area (Å²) >= 11 is 15.2. The maximum Gasteiger partial charge on any atom is 0.237 e. The molecule has 0 atom stereocenters. The molecule has 0 radical (unpaired) electrons. The summed E-state index contributed by atoms with van der Waals surface area (Å²) in [6.07, 6.45) is 0. The van der Waals surface area contributed by atoms with Crippen LogP contribution in [0.25, 0.3) is 0 Å². The van der Waals surface area contributed by atoms with E-state index in [4.69, 9.17) is 28.9 Å². The van der Waals surface area contributed by atoms with Gasteiger partial charge in [-0.3, -0.25) is 4.72 Å². The Morgan fingerprint density at radius 1 is 1.14 bits per heavy atom. The number of nitrogens with two attached hydrogens (primary N) is 1. The highest BCUT2D eigenvalue weighted by Crippen LogP contribution is 2.34. The molecule has 0 spiro atoms. The fourth-order valence-electron chi connectivity index (χ4n) is 1.73. The summed E-state index contributed by atoms with van der Waals surface area (Å²) < 4.78 is 27.4. The molecule has 0 saturated carbocycles. The lowest BCUT2D eigenvalue weighted by Crippen LogP contribution is -2.15. The zero-order chi connectivity index (χ0) is 15.6. The first kappa shape index (κ1) is 16.4. The summed E-state index contributed by atoms with van der Waals surface area (Å²) in [7, 11) is -3.65. The molecule has 0 bridgehead atoms. The van der Waals surface area contributed by atoms with Gasteiger partial charge in [0.25, 0.3) is 0 Å². The molecule has 0 aromatic heterocycles. The predicted octanol–water partition coefficient (Wildman–Crippen LogP) is 4.28. The lowest BCUT2D eigenvalue weighted by molar-refractivity contribution is 0.600. The third kappa shape index (κ3) is 4.51. The zero-order valence-corrected chi connectivity index (χ0v) is 14.5. The molecule has 0 aliphatic rings. The Morgan fingerprint density at radius 2 is 1.76 bits per heavy atom. The molecule has 0 aliphatic heterocycles. The van der Waals surface area contributed by atoms with Crippen LogP contribution in [0.1, 0.15) is 5.56 Å². The second-order valence-electron chi connectivity index (χ2n) is 4.35. The number of nitrogens with one attached hydrogen (secondary N) is 1. The van der Waals surface area contributed by atoms with Crippen molar-refractivity contribution in [3.63, 3.8) is 0 Å². The van der Waals surface area contributed by atoms with E-state index in [0.29, 0.717) is 15.7 Å². The lowest BCUT2D eigenvalue weighted by Gasteiger charge is -2.12. The maximum absolute atomic E-state index is 12.2. The number of rotatable bonds is 4. The maximum atomic E-state index is 12.2. The predicted molar refractivity (Wildman–Crippen MR) is 91.3 cm³/mol. The normalized spacial score (nSPS) is 11.4. The zero-order valence-electron chi connectivity index (χ0n) is 10.6. The molecule has 0 heterocycles. The summed E-state index contributed by atoms with van der Waals surface area (Å²) in [5.41, 5.74) is 6.87. The van der Waals surface area contributed by atoms with Crippen molar-refractivity contribution in [2.75, 3.05) is 10.5 Å². The highest BCUT2D eigenvalue weighted by molar-refractivity contribution is 9.10. The first-order valence-corrected chi connectivity index (χ1v) is 8.96. The molecular weight excluding hydrogens is 399 g/mol. The van der Waals surface area contributed by atoms with Gasteiger partial charge in [-0.2, -0.15) is 0 Å². The van der Waals surface area contributed by atoms with Crippen LogP contribution in [-0.2, 0) is 15.8 Å². The summed E-state index contributed by atoms with van der Waals surface area (Å²) in [4.78, 5) is 0. The fraction of sp³-hybridized carbons (Fsp3) is 0.0769. The summed E-state index contributed by atoms with van der Waals surface area (Å²) in [6.45, 7) is 0. The van der Waals surface area contributed by atoms with E-state index in [1.807, 2.05) is 0 Å². The van der Waals surface area contributed by atoms with E-state index in [0.717, 1.165) is 0 Å². The SMILES string of the molecule is Nc1cccc(CS(=O)(=O)Nc2c(Cl)cc(Br)cc2Cl)c1. The van der Waals surface area contributed by atoms with E-state index in [2.05, 4.69) is 20.7 Å². The van der Waals surface area contributed by atoms with Crippen LogP contribution in [0.2, 0.25) is 10.0 Å². The van der Waals surface area contributed by atoms with Gasteiger partial charge in [-0.1, -0.05) is 51.3 Å². The molecule has 0 amide bonds. The van der Waals surface area contributed by atoms with Gasteiger partial charge in [0.2, 0.25) is 10.0 Å². The van der Waals surface area contributed by atoms with Crippen molar-refractivity contribution in [3.05, 3.63) is 56.5 Å². The van der Waals surface area contributed by atoms with Crippen molar-refractivity contribution in [2.24, 2.45) is 0 Å². The van der Waals surface area contributed by atoms with Crippen LogP contribution in [0.4, 0.5) is 11.4 Å². The number of anilines is 2. The average molecular weight is 410 g/mol. The molecule has 3 N–H and O–H groups in total. The van der Waals surface area contributed by atoms with Crippen LogP contribution in [0.5, 0.6) is 0 Å². The Morgan fingerprint density at radius 3 is 2.33 bits per heavy atom. The smallest absolute Gasteiger partial charge is 0.237 e. The first-order chi connectivity index (χ1) is 9.77. The van der Waals surface area contributed by atoms with Crippen LogP contribution in [0.3, 0.4) is 0 Å². The van der Waals surface area contributed by atoms with E-state index < -0.39 is 10.0 Å². The van der Waals surface area contributed by atoms with Gasteiger partial charge in [-0.25, -0.2) is 8.42 Å². The Kier molecular flexibility index (Phi) is 5.03. The van der Waals surface area contributed by atoms with Crippen molar-refractivity contribution < 1.29 is 8.42 Å². The molecule has 0 aliphatic carbocycles. The van der Waals surface area contributed by atoms with E-state index in [9.17, 15) is 8.42 Å². The average Bonchev–Trinajstić information content (AvgIpc) is 2.33. The number of benzene rings is 2. The van der Waals surface area contributed by atoms with Gasteiger partial charge in [0, 0.05) is 10.2 Å². The quantitative estimate of drug-likeness (QED) is 0.740. The van der Waals surface area contributed by atoms with Gasteiger partial charge >= 0.3 is 0 Å². The molecule has 0 saturated heterocycles. The molecule has 0 unspecified atom stereocenters. The van der Waals surface area contributed by atoms with Gasteiger partial charge in [0.05, 0.1) is 21.5 Å². The molecular formula is C13H11BrCl2N2O2S. The molecule has 0 fully saturated rings. The lowest BCUT2D eigenvalue weighted by atomic mass is 10.2. The molecule has 112 valence electrons. The largest absolute Gasteiger partial charge is 0.399 e. The Hall–Kier alpha value is -0.950. The third-order valence-corrected chi connectivity index (χ3v) is 4.85. The highest BCUT2D eigenvalue weighted by Gasteiger charge is 2.16. The number of hydrogen-bond acceptors (Lipinski definition) is 3. The summed E-state index contributed by atoms with van der Waals surface area (Å²) in [5, 5.41) is 0.427. The van der Waals surface area contributed by atoms with Gasteiger partial charge in [-0.05, 0) is 29.8 Å². The molecule has 2 aromatic carbocycles. The Labute approximate surface area is 141 Å². The van der Waals surface area contributed by atoms with E-state index in [-0.39, 0.29) is 21.5 Å². The van der Waals surface area contributed by atoms with Crippen LogP contribution in [0.15, 0.2) is 40.9 Å². The molecule has 4 nitrogen and oxygen atoms in total. The van der Waals surface area contributed by atoms with Crippen molar-refractivity contribution >= 4 is 60.5 Å². The van der Waals surface area contributed by atoms with E-state index in [1.54, 1.807) is 36.4 Å². The molecule has 21 heavy (non-hydrogen) atoms. The van der Waals surface area contributed by atoms with Gasteiger partial charge in [0.15, 0.2) is 0 Å². The summed E-state index contributed by atoms with van der Waals surface area (Å²) in [6, 6.07) is 9.79. The number of nitrogen functional groups attached to an aromatic ring is 1. The second-order valence-corrected chi connectivity index (χ2v) is 7.80. The van der Waals surface area contributed by atoms with Crippen molar-refractivity contribution in [3.8, 4) is 0 Å². The van der Waals surface area contributed by atoms with E-state index in [1.165, 1.54) is 0 Å². The van der Waals surface area contributed by atoms with Gasteiger partial charge in [0.1, 0.15) is 0 Å². The molecule has 8 heteroatoms. The minimum atomic E-state index is -3.65. The third-order valence-electron chi connectivity index (χ3n) is 2.57. The molecule has 2 rings (SSSR count). The van der Waals surface area contributed by atoms with Crippen LogP contribution in [-0.4, -0.2) is 8.42 Å². The summed E-state index contributed by atoms with van der Waals surface area (Å²) in [5.74, 6) is -0.221. The second kappa shape index (κ2) is 6.44. The van der Waals surface area contributed by atoms with Crippen LogP contribution < -0.4 is 10.5 Å². The number of halogens is 3. The molecule has 2 aromatic rings. The monoisotopic (exact) mass is 408 g/mol. The van der Waals surface area contributed by atoms with Crippen molar-refractivity contribution in [1.82, 2.24) is 0 Å². The van der Waals surface area contributed by atoms with Crippen molar-refractivity contribution in [1.29, 1.82) is 0 Å². The highest BCUT2D eigenvalue weighted by atomic mass is 79.9. The first-order valence-electron chi connectivity index (χ1n) is 5.76. The minimum Gasteiger partial charge on any atom is -0.399 e. The standard InChI is InChI=1S/C13H11BrCl2N2O2S/c14-9-5-11(15)13(12(16)6-9)18-21(19,20)7-8-2-1-3-10(17)4-8/h1-6,18H,7,17H2. The number of hydrogen-bond donors (Lipinski definition) is 2. The van der Waals surface area contributed by atoms with Crippen molar-refractivity contribution in [2.45, 2.75) is 5.75 Å². The van der Waals surface area contributed by atoms with Crippen LogP contribution in [0, 0.1) is 0 Å². The fourth-order valence-corrected chi connectivity index (χ4v) is 4.37. The van der Waals surface area contributed by atoms with Crippen LogP contribution >= 0.6 is 39.1 Å². The Balaban J connectivity index is 2.26. The minimum absolute atomic E-state index is 0.158. The Bertz CT molecular complexity index is 758. The topological polar surface area (TPSA) is 72.2 Å². The van der Waals surface area contributed by atoms with Gasteiger partial charge < -0.3 is 5.73 Å².